The monoisotopic (exact) mass is 294 g/mol. The molecule has 1 aliphatic heterocycles. The number of nitro groups is 1. The molecule has 2 rings (SSSR count). The second-order valence-corrected chi connectivity index (χ2v) is 4.90. The first kappa shape index (κ1) is 15.2. The maximum atomic E-state index is 11.2. The molecular formula is C13H18N4O4. The van der Waals surface area contributed by atoms with E-state index >= 15 is 0 Å². The Morgan fingerprint density at radius 2 is 2.38 bits per heavy atom. The zero-order chi connectivity index (χ0) is 15.4. The molecule has 1 heterocycles. The summed E-state index contributed by atoms with van der Waals surface area (Å²) in [4.78, 5) is 23.6. The lowest BCUT2D eigenvalue weighted by Gasteiger charge is -2.29. The number of amides is 1. The lowest BCUT2D eigenvalue weighted by molar-refractivity contribution is -0.384. The number of anilines is 1. The van der Waals surface area contributed by atoms with Gasteiger partial charge >= 0.3 is 0 Å². The van der Waals surface area contributed by atoms with Crippen LogP contribution in [-0.4, -0.2) is 50.2 Å². The first-order valence-electron chi connectivity index (χ1n) is 6.60. The van der Waals surface area contributed by atoms with Crippen LogP contribution in [0.2, 0.25) is 0 Å². The van der Waals surface area contributed by atoms with E-state index in [-0.39, 0.29) is 17.4 Å². The SMILES string of the molecule is CN(CC1CNCCO1)c1cc(C(N)=O)ccc1[N+](=O)[O-]. The molecule has 1 amide bonds. The predicted octanol–water partition coefficient (Wildman–Crippen LogP) is 0.118. The Morgan fingerprint density at radius 3 is 2.95 bits per heavy atom. The molecule has 0 radical (unpaired) electrons. The van der Waals surface area contributed by atoms with Crippen LogP contribution in [0.3, 0.4) is 0 Å². The third-order valence-electron chi connectivity index (χ3n) is 3.35. The minimum absolute atomic E-state index is 0.0550. The average Bonchev–Trinajstić information content (AvgIpc) is 2.47. The van der Waals surface area contributed by atoms with Crippen molar-refractivity contribution in [2.75, 3.05) is 38.2 Å². The molecule has 0 aliphatic carbocycles. The predicted molar refractivity (Wildman–Crippen MR) is 77.5 cm³/mol. The van der Waals surface area contributed by atoms with Crippen molar-refractivity contribution in [2.45, 2.75) is 6.10 Å². The number of primary amides is 1. The van der Waals surface area contributed by atoms with E-state index in [2.05, 4.69) is 5.32 Å². The fourth-order valence-electron chi connectivity index (χ4n) is 2.28. The third-order valence-corrected chi connectivity index (χ3v) is 3.35. The first-order chi connectivity index (χ1) is 9.99. The van der Waals surface area contributed by atoms with Crippen LogP contribution in [0.4, 0.5) is 11.4 Å². The van der Waals surface area contributed by atoms with Gasteiger partial charge in [0.15, 0.2) is 0 Å². The van der Waals surface area contributed by atoms with Crippen LogP contribution >= 0.6 is 0 Å². The fraction of sp³-hybridized carbons (Fsp3) is 0.462. The molecule has 1 saturated heterocycles. The van der Waals surface area contributed by atoms with E-state index in [0.29, 0.717) is 25.4 Å². The average molecular weight is 294 g/mol. The summed E-state index contributed by atoms with van der Waals surface area (Å²) in [5, 5.41) is 14.3. The molecule has 1 aliphatic rings. The quantitative estimate of drug-likeness (QED) is 0.589. The van der Waals surface area contributed by atoms with E-state index in [4.69, 9.17) is 10.5 Å². The molecular weight excluding hydrogens is 276 g/mol. The van der Waals surface area contributed by atoms with Gasteiger partial charge in [-0.3, -0.25) is 14.9 Å². The number of nitrogens with zero attached hydrogens (tertiary/aromatic N) is 2. The van der Waals surface area contributed by atoms with Crippen molar-refractivity contribution in [2.24, 2.45) is 5.73 Å². The van der Waals surface area contributed by atoms with E-state index in [0.717, 1.165) is 6.54 Å². The summed E-state index contributed by atoms with van der Waals surface area (Å²) in [6.45, 7) is 2.59. The summed E-state index contributed by atoms with van der Waals surface area (Å²) in [7, 11) is 1.73. The lowest BCUT2D eigenvalue weighted by atomic mass is 10.1. The molecule has 0 bridgehead atoms. The number of nitro benzene ring substituents is 1. The van der Waals surface area contributed by atoms with Crippen molar-refractivity contribution in [3.05, 3.63) is 33.9 Å². The first-order valence-corrected chi connectivity index (χ1v) is 6.60. The number of hydrogen-bond donors (Lipinski definition) is 2. The van der Waals surface area contributed by atoms with Gasteiger partial charge in [-0.25, -0.2) is 0 Å². The summed E-state index contributed by atoms with van der Waals surface area (Å²) in [5.41, 5.74) is 5.76. The number of nitrogens with two attached hydrogens (primary N) is 1. The van der Waals surface area contributed by atoms with Crippen LogP contribution in [0.25, 0.3) is 0 Å². The second-order valence-electron chi connectivity index (χ2n) is 4.90. The van der Waals surface area contributed by atoms with Gasteiger partial charge < -0.3 is 20.7 Å². The number of likely N-dealkylation sites (N-methyl/N-ethyl adjacent to an activating group) is 1. The molecule has 0 aromatic heterocycles. The number of rotatable bonds is 5. The van der Waals surface area contributed by atoms with Crippen molar-refractivity contribution in [3.63, 3.8) is 0 Å². The molecule has 114 valence electrons. The minimum Gasteiger partial charge on any atom is -0.374 e. The number of carbonyl (C=O) groups excluding carboxylic acids is 1. The van der Waals surface area contributed by atoms with Crippen molar-refractivity contribution in [1.29, 1.82) is 0 Å². The highest BCUT2D eigenvalue weighted by atomic mass is 16.6. The highest BCUT2D eigenvalue weighted by Crippen LogP contribution is 2.28. The summed E-state index contributed by atoms with van der Waals surface area (Å²) in [6.07, 6.45) is -0.0550. The Bertz CT molecular complexity index is 543. The van der Waals surface area contributed by atoms with Crippen LogP contribution in [-0.2, 0) is 4.74 Å². The van der Waals surface area contributed by atoms with Crippen LogP contribution in [0.15, 0.2) is 18.2 Å². The van der Waals surface area contributed by atoms with Gasteiger partial charge in [-0.05, 0) is 12.1 Å². The molecule has 1 fully saturated rings. The van der Waals surface area contributed by atoms with Crippen LogP contribution < -0.4 is 16.0 Å². The maximum absolute atomic E-state index is 11.2. The highest BCUT2D eigenvalue weighted by molar-refractivity contribution is 5.94. The number of nitrogens with one attached hydrogen (secondary N) is 1. The number of morpholine rings is 1. The van der Waals surface area contributed by atoms with Gasteiger partial charge in [0, 0.05) is 38.3 Å². The van der Waals surface area contributed by atoms with Crippen molar-refractivity contribution >= 4 is 17.3 Å². The summed E-state index contributed by atoms with van der Waals surface area (Å²) >= 11 is 0. The second kappa shape index (κ2) is 6.51. The zero-order valence-electron chi connectivity index (χ0n) is 11.7. The molecule has 1 aromatic carbocycles. The van der Waals surface area contributed by atoms with E-state index in [9.17, 15) is 14.9 Å². The van der Waals surface area contributed by atoms with Gasteiger partial charge in [0.05, 0.1) is 17.6 Å². The normalized spacial score (nSPS) is 18.2. The van der Waals surface area contributed by atoms with Crippen molar-refractivity contribution in [1.82, 2.24) is 5.32 Å². The molecule has 8 nitrogen and oxygen atoms in total. The molecule has 1 unspecified atom stereocenters. The maximum Gasteiger partial charge on any atom is 0.292 e. The smallest absolute Gasteiger partial charge is 0.292 e. The van der Waals surface area contributed by atoms with E-state index < -0.39 is 10.8 Å². The molecule has 3 N–H and O–H groups in total. The molecule has 0 saturated carbocycles. The molecule has 8 heteroatoms. The lowest BCUT2D eigenvalue weighted by Crippen LogP contribution is -2.44. The Kier molecular flexibility index (Phi) is 4.71. The Morgan fingerprint density at radius 1 is 1.62 bits per heavy atom. The Labute approximate surface area is 122 Å². The minimum atomic E-state index is -0.616. The summed E-state index contributed by atoms with van der Waals surface area (Å²) in [6, 6.07) is 4.10. The molecule has 1 aromatic rings. The van der Waals surface area contributed by atoms with Crippen LogP contribution in [0, 0.1) is 10.1 Å². The van der Waals surface area contributed by atoms with Gasteiger partial charge in [-0.2, -0.15) is 0 Å². The zero-order valence-corrected chi connectivity index (χ0v) is 11.7. The summed E-state index contributed by atoms with van der Waals surface area (Å²) < 4.78 is 5.58. The van der Waals surface area contributed by atoms with Crippen molar-refractivity contribution < 1.29 is 14.5 Å². The third kappa shape index (κ3) is 3.67. The Balaban J connectivity index is 2.23. The van der Waals surface area contributed by atoms with Gasteiger partial charge in [-0.15, -0.1) is 0 Å². The van der Waals surface area contributed by atoms with Gasteiger partial charge in [0.1, 0.15) is 5.69 Å². The van der Waals surface area contributed by atoms with Crippen LogP contribution in [0.5, 0.6) is 0 Å². The van der Waals surface area contributed by atoms with Gasteiger partial charge in [0.25, 0.3) is 5.69 Å². The number of carbonyl (C=O) groups is 1. The molecule has 21 heavy (non-hydrogen) atoms. The number of ether oxygens (including phenoxy) is 1. The van der Waals surface area contributed by atoms with Gasteiger partial charge in [0.2, 0.25) is 5.91 Å². The number of hydrogen-bond acceptors (Lipinski definition) is 6. The van der Waals surface area contributed by atoms with Crippen LogP contribution in [0.1, 0.15) is 10.4 Å². The summed E-state index contributed by atoms with van der Waals surface area (Å²) in [5.74, 6) is -0.616. The standard InChI is InChI=1S/C13H18N4O4/c1-16(8-10-7-15-4-5-21-10)12-6-9(13(14)18)2-3-11(12)17(19)20/h2-3,6,10,15H,4-5,7-8H2,1H3,(H2,14,18). The largest absolute Gasteiger partial charge is 0.374 e. The van der Waals surface area contributed by atoms with E-state index in [1.165, 1.54) is 18.2 Å². The number of benzene rings is 1. The van der Waals surface area contributed by atoms with E-state index in [1.54, 1.807) is 11.9 Å². The molecule has 1 atom stereocenters. The molecule has 0 spiro atoms. The van der Waals surface area contributed by atoms with E-state index in [1.807, 2.05) is 0 Å². The van der Waals surface area contributed by atoms with Gasteiger partial charge in [-0.1, -0.05) is 0 Å². The Hall–Kier alpha value is -2.19. The van der Waals surface area contributed by atoms with Crippen molar-refractivity contribution in [3.8, 4) is 0 Å². The fourth-order valence-corrected chi connectivity index (χ4v) is 2.28. The highest BCUT2D eigenvalue weighted by Gasteiger charge is 2.22. The topological polar surface area (TPSA) is 111 Å².